The van der Waals surface area contributed by atoms with E-state index in [1.54, 1.807) is 5.38 Å². The van der Waals surface area contributed by atoms with Crippen LogP contribution < -0.4 is 10.6 Å². The second kappa shape index (κ2) is 7.08. The van der Waals surface area contributed by atoms with E-state index >= 15 is 0 Å². The third kappa shape index (κ3) is 4.32. The molecule has 22 heavy (non-hydrogen) atoms. The fraction of sp³-hybridized carbons (Fsp3) is 0.214. The van der Waals surface area contributed by atoms with E-state index in [1.165, 1.54) is 24.3 Å². The van der Waals surface area contributed by atoms with Crippen molar-refractivity contribution in [2.24, 2.45) is 0 Å². The Morgan fingerprint density at radius 2 is 1.95 bits per heavy atom. The Bertz CT molecular complexity index is 683. The van der Waals surface area contributed by atoms with E-state index in [4.69, 9.17) is 0 Å². The second-order valence-electron chi connectivity index (χ2n) is 4.48. The van der Waals surface area contributed by atoms with Gasteiger partial charge < -0.3 is 10.6 Å². The molecular weight excluding hydrogens is 312 g/mol. The van der Waals surface area contributed by atoms with Gasteiger partial charge in [-0.1, -0.05) is 6.07 Å². The van der Waals surface area contributed by atoms with E-state index in [0.29, 0.717) is 10.8 Å². The highest BCUT2D eigenvalue weighted by Crippen LogP contribution is 2.16. The van der Waals surface area contributed by atoms with Crippen LogP contribution in [0, 0.1) is 11.6 Å². The molecule has 0 spiro atoms. The van der Waals surface area contributed by atoms with Gasteiger partial charge in [0, 0.05) is 24.4 Å². The number of nitrogens with zero attached hydrogens (tertiary/aromatic N) is 1. The number of aromatic nitrogens is 1. The Hall–Kier alpha value is -2.35. The zero-order chi connectivity index (χ0) is 16.1. The number of nitrogens with one attached hydrogen (secondary N) is 2. The number of carbonyl (C=O) groups is 2. The molecule has 0 saturated carbocycles. The van der Waals surface area contributed by atoms with Crippen LogP contribution in [0.3, 0.4) is 0 Å². The molecule has 0 bridgehead atoms. The molecule has 0 aliphatic heterocycles. The zero-order valence-corrected chi connectivity index (χ0v) is 12.5. The fourth-order valence-electron chi connectivity index (χ4n) is 1.71. The number of rotatable bonds is 5. The molecule has 2 aromatic rings. The summed E-state index contributed by atoms with van der Waals surface area (Å²) in [5, 5.41) is 6.98. The lowest BCUT2D eigenvalue weighted by atomic mass is 10.2. The van der Waals surface area contributed by atoms with Crippen molar-refractivity contribution in [3.8, 4) is 0 Å². The molecule has 0 atom stereocenters. The molecule has 1 heterocycles. The summed E-state index contributed by atoms with van der Waals surface area (Å²) in [7, 11) is 0. The topological polar surface area (TPSA) is 71.1 Å². The van der Waals surface area contributed by atoms with Gasteiger partial charge in [0.05, 0.1) is 12.1 Å². The predicted octanol–water partition coefficient (Wildman–Crippen LogP) is 2.24. The van der Waals surface area contributed by atoms with E-state index in [1.807, 2.05) is 0 Å². The number of benzene rings is 1. The van der Waals surface area contributed by atoms with Crippen molar-refractivity contribution in [3.05, 3.63) is 46.5 Å². The number of thiazole rings is 1. The molecule has 8 heteroatoms. The van der Waals surface area contributed by atoms with Gasteiger partial charge in [-0.15, -0.1) is 11.3 Å². The summed E-state index contributed by atoms with van der Waals surface area (Å²) in [4.78, 5) is 26.7. The van der Waals surface area contributed by atoms with E-state index in [9.17, 15) is 18.4 Å². The van der Waals surface area contributed by atoms with Crippen LogP contribution in [0.2, 0.25) is 0 Å². The lowest BCUT2D eigenvalue weighted by Crippen LogP contribution is -2.25. The highest BCUT2D eigenvalue weighted by atomic mass is 32.1. The van der Waals surface area contributed by atoms with E-state index in [-0.39, 0.29) is 24.4 Å². The molecule has 2 amide bonds. The number of anilines is 1. The van der Waals surface area contributed by atoms with E-state index in [2.05, 4.69) is 15.6 Å². The molecule has 0 radical (unpaired) electrons. The maximum absolute atomic E-state index is 13.4. The van der Waals surface area contributed by atoms with Crippen molar-refractivity contribution in [2.45, 2.75) is 19.9 Å². The van der Waals surface area contributed by atoms with Gasteiger partial charge in [-0.2, -0.15) is 0 Å². The molecule has 2 N–H and O–H groups in total. The molecule has 116 valence electrons. The molecule has 2 rings (SSSR count). The first-order valence-electron chi connectivity index (χ1n) is 6.37. The average Bonchev–Trinajstić information content (AvgIpc) is 2.84. The van der Waals surface area contributed by atoms with Crippen LogP contribution in [0.1, 0.15) is 18.2 Å². The van der Waals surface area contributed by atoms with Gasteiger partial charge in [-0.25, -0.2) is 13.8 Å². The first-order chi connectivity index (χ1) is 10.5. The number of hydrogen-bond donors (Lipinski definition) is 2. The molecular formula is C14H13F2N3O2S. The predicted molar refractivity (Wildman–Crippen MR) is 78.3 cm³/mol. The van der Waals surface area contributed by atoms with Crippen molar-refractivity contribution in [2.75, 3.05) is 5.32 Å². The Morgan fingerprint density at radius 3 is 2.59 bits per heavy atom. The maximum Gasteiger partial charge on any atom is 0.226 e. The van der Waals surface area contributed by atoms with Crippen LogP contribution in [0.5, 0.6) is 0 Å². The molecule has 0 aliphatic carbocycles. The van der Waals surface area contributed by atoms with Crippen molar-refractivity contribution >= 4 is 28.3 Å². The van der Waals surface area contributed by atoms with Crippen LogP contribution >= 0.6 is 11.3 Å². The van der Waals surface area contributed by atoms with E-state index < -0.39 is 17.5 Å². The zero-order valence-electron chi connectivity index (χ0n) is 11.7. The highest BCUT2D eigenvalue weighted by Gasteiger charge is 2.12. The summed E-state index contributed by atoms with van der Waals surface area (Å²) in [5.41, 5.74) is 0.285. The smallest absolute Gasteiger partial charge is 0.226 e. The summed E-state index contributed by atoms with van der Waals surface area (Å²) < 4.78 is 26.8. The first-order valence-corrected chi connectivity index (χ1v) is 7.25. The maximum atomic E-state index is 13.4. The first kappa shape index (κ1) is 16.0. The summed E-state index contributed by atoms with van der Waals surface area (Å²) in [6.07, 6.45) is -0.0356. The molecule has 1 aromatic carbocycles. The lowest BCUT2D eigenvalue weighted by molar-refractivity contribution is -0.120. The van der Waals surface area contributed by atoms with Crippen LogP contribution in [0.25, 0.3) is 0 Å². The number of hydrogen-bond acceptors (Lipinski definition) is 4. The van der Waals surface area contributed by atoms with Crippen molar-refractivity contribution < 1.29 is 18.4 Å². The van der Waals surface area contributed by atoms with Crippen molar-refractivity contribution in [1.82, 2.24) is 10.3 Å². The normalized spacial score (nSPS) is 10.3. The summed E-state index contributed by atoms with van der Waals surface area (Å²) in [5.74, 6) is -2.08. The number of carbonyl (C=O) groups excluding carboxylic acids is 2. The molecule has 5 nitrogen and oxygen atoms in total. The Morgan fingerprint density at radius 1 is 1.27 bits per heavy atom. The minimum absolute atomic E-state index is 0.0356. The number of halogens is 2. The average molecular weight is 325 g/mol. The molecule has 1 aromatic heterocycles. The second-order valence-corrected chi connectivity index (χ2v) is 5.34. The summed E-state index contributed by atoms with van der Waals surface area (Å²) in [6.45, 7) is 1.12. The molecule has 0 unspecified atom stereocenters. The van der Waals surface area contributed by atoms with Crippen molar-refractivity contribution in [1.29, 1.82) is 0 Å². The quantitative estimate of drug-likeness (QED) is 0.885. The Balaban J connectivity index is 1.90. The summed E-state index contributed by atoms with van der Waals surface area (Å²) in [6, 6.07) is 3.52. The van der Waals surface area contributed by atoms with Crippen LogP contribution in [0.15, 0.2) is 23.6 Å². The molecule has 0 aliphatic rings. The van der Waals surface area contributed by atoms with Crippen LogP contribution in [0.4, 0.5) is 13.9 Å². The highest BCUT2D eigenvalue weighted by molar-refractivity contribution is 7.13. The van der Waals surface area contributed by atoms with Crippen LogP contribution in [-0.4, -0.2) is 16.8 Å². The van der Waals surface area contributed by atoms with Gasteiger partial charge in [0.2, 0.25) is 11.8 Å². The van der Waals surface area contributed by atoms with Gasteiger partial charge in [-0.3, -0.25) is 9.59 Å². The Kier molecular flexibility index (Phi) is 5.16. The third-order valence-corrected chi connectivity index (χ3v) is 3.51. The third-order valence-electron chi connectivity index (χ3n) is 2.70. The lowest BCUT2D eigenvalue weighted by Gasteiger charge is -2.06. The van der Waals surface area contributed by atoms with E-state index in [0.717, 1.165) is 12.1 Å². The van der Waals surface area contributed by atoms with Crippen molar-refractivity contribution in [3.63, 3.8) is 0 Å². The molecule has 0 saturated heterocycles. The fourth-order valence-corrected chi connectivity index (χ4v) is 2.47. The van der Waals surface area contributed by atoms with Gasteiger partial charge >= 0.3 is 0 Å². The van der Waals surface area contributed by atoms with Crippen LogP contribution in [-0.2, 0) is 22.6 Å². The number of amides is 2. The molecule has 0 fully saturated rings. The minimum atomic E-state index is -0.707. The van der Waals surface area contributed by atoms with Gasteiger partial charge in [0.15, 0.2) is 5.13 Å². The SMILES string of the molecule is CC(=O)Nc1nc(CC(=O)NCc2c(F)cccc2F)cs1. The summed E-state index contributed by atoms with van der Waals surface area (Å²) >= 11 is 1.20. The van der Waals surface area contributed by atoms with Gasteiger partial charge in [0.25, 0.3) is 0 Å². The standard InChI is InChI=1S/C14H13F2N3O2S/c1-8(20)18-14-19-9(7-22-14)5-13(21)17-6-10-11(15)3-2-4-12(10)16/h2-4,7H,5-6H2,1H3,(H,17,21)(H,18,19,20). The van der Waals surface area contributed by atoms with Gasteiger partial charge in [0.1, 0.15) is 11.6 Å². The Labute approximate surface area is 129 Å². The largest absolute Gasteiger partial charge is 0.351 e. The van der Waals surface area contributed by atoms with Gasteiger partial charge in [-0.05, 0) is 12.1 Å². The monoisotopic (exact) mass is 325 g/mol. The minimum Gasteiger partial charge on any atom is -0.351 e.